The van der Waals surface area contributed by atoms with Crippen LogP contribution in [0, 0.1) is 0 Å². The Bertz CT molecular complexity index is 557. The summed E-state index contributed by atoms with van der Waals surface area (Å²) >= 11 is 0. The largest absolute Gasteiger partial charge is 0.302 e. The molecule has 0 spiro atoms. The van der Waals surface area contributed by atoms with Crippen LogP contribution in [-0.2, 0) is 19.5 Å². The van der Waals surface area contributed by atoms with Crippen LogP contribution < -0.4 is 5.56 Å². The fourth-order valence-electron chi connectivity index (χ4n) is 2.26. The van der Waals surface area contributed by atoms with E-state index in [0.717, 1.165) is 30.8 Å². The molecule has 0 fully saturated rings. The van der Waals surface area contributed by atoms with Crippen LogP contribution in [0.2, 0.25) is 0 Å². The highest BCUT2D eigenvalue weighted by Crippen LogP contribution is 2.15. The molecule has 0 radical (unpaired) electrons. The summed E-state index contributed by atoms with van der Waals surface area (Å²) in [6.45, 7) is 2.52. The molecule has 2 aromatic heterocycles. The molecule has 3 rings (SSSR count). The van der Waals surface area contributed by atoms with Crippen LogP contribution in [0.5, 0.6) is 0 Å². The molecule has 0 amide bonds. The van der Waals surface area contributed by atoms with Crippen LogP contribution in [0.15, 0.2) is 29.3 Å². The standard InChI is InChI=1S/C12H14N4O/c17-12-10-8-16(5-3-11(10)14-15-12)7-9-2-1-4-13-6-9/h1-2,4,6H,3,5,7-8H2,(H2,14,15,17). The smallest absolute Gasteiger partial charge is 0.268 e. The second-order valence-electron chi connectivity index (χ2n) is 4.36. The second kappa shape index (κ2) is 4.18. The zero-order valence-corrected chi connectivity index (χ0v) is 9.44. The van der Waals surface area contributed by atoms with Gasteiger partial charge in [0.25, 0.3) is 5.56 Å². The lowest BCUT2D eigenvalue weighted by molar-refractivity contribution is 0.244. The second-order valence-corrected chi connectivity index (χ2v) is 4.36. The molecule has 17 heavy (non-hydrogen) atoms. The number of rotatable bonds is 2. The van der Waals surface area contributed by atoms with Crippen molar-refractivity contribution in [3.8, 4) is 0 Å². The molecule has 2 N–H and O–H groups in total. The van der Waals surface area contributed by atoms with Gasteiger partial charge in [-0.2, -0.15) is 0 Å². The molecule has 0 aromatic carbocycles. The van der Waals surface area contributed by atoms with E-state index in [4.69, 9.17) is 0 Å². The lowest BCUT2D eigenvalue weighted by Crippen LogP contribution is -2.32. The summed E-state index contributed by atoms with van der Waals surface area (Å²) in [5.74, 6) is 0. The minimum absolute atomic E-state index is 0.0101. The minimum atomic E-state index is 0.0101. The Morgan fingerprint density at radius 3 is 3.18 bits per heavy atom. The van der Waals surface area contributed by atoms with E-state index in [1.54, 1.807) is 6.20 Å². The van der Waals surface area contributed by atoms with Gasteiger partial charge >= 0.3 is 0 Å². The zero-order valence-electron chi connectivity index (χ0n) is 9.44. The summed E-state index contributed by atoms with van der Waals surface area (Å²) < 4.78 is 0. The SMILES string of the molecule is O=c1[nH][nH]c2c1CN(Cc1cccnc1)CC2. The monoisotopic (exact) mass is 230 g/mol. The number of nitrogens with one attached hydrogen (secondary N) is 2. The van der Waals surface area contributed by atoms with Gasteiger partial charge in [0.1, 0.15) is 0 Å². The lowest BCUT2D eigenvalue weighted by atomic mass is 10.1. The molecule has 0 bridgehead atoms. The topological polar surface area (TPSA) is 64.8 Å². The number of fused-ring (bicyclic) bond motifs is 1. The lowest BCUT2D eigenvalue weighted by Gasteiger charge is -2.25. The average Bonchev–Trinajstić information content (AvgIpc) is 2.73. The third-order valence-electron chi connectivity index (χ3n) is 3.15. The fraction of sp³-hybridized carbons (Fsp3) is 0.333. The maximum absolute atomic E-state index is 11.5. The highest BCUT2D eigenvalue weighted by molar-refractivity contribution is 5.20. The van der Waals surface area contributed by atoms with Crippen molar-refractivity contribution in [2.75, 3.05) is 6.54 Å². The third-order valence-corrected chi connectivity index (χ3v) is 3.15. The van der Waals surface area contributed by atoms with Crippen molar-refractivity contribution in [2.45, 2.75) is 19.5 Å². The summed E-state index contributed by atoms with van der Waals surface area (Å²) in [6.07, 6.45) is 4.54. The van der Waals surface area contributed by atoms with Gasteiger partial charge in [0.15, 0.2) is 0 Å². The Hall–Kier alpha value is -1.88. The van der Waals surface area contributed by atoms with Crippen molar-refractivity contribution in [1.82, 2.24) is 20.1 Å². The number of pyridine rings is 1. The van der Waals surface area contributed by atoms with Gasteiger partial charge in [-0.15, -0.1) is 0 Å². The first-order valence-electron chi connectivity index (χ1n) is 5.72. The van der Waals surface area contributed by atoms with E-state index in [9.17, 15) is 4.79 Å². The van der Waals surface area contributed by atoms with Crippen LogP contribution >= 0.6 is 0 Å². The zero-order chi connectivity index (χ0) is 11.7. The molecule has 1 aliphatic rings. The number of hydrogen-bond donors (Lipinski definition) is 2. The molecule has 0 saturated heterocycles. The first kappa shape index (κ1) is 10.3. The average molecular weight is 230 g/mol. The molecular weight excluding hydrogens is 216 g/mol. The quantitative estimate of drug-likeness (QED) is 0.796. The Kier molecular flexibility index (Phi) is 2.53. The maximum Gasteiger partial charge on any atom is 0.268 e. The number of nitrogens with zero attached hydrogens (tertiary/aromatic N) is 2. The van der Waals surface area contributed by atoms with E-state index in [1.165, 1.54) is 5.56 Å². The molecule has 0 unspecified atom stereocenters. The van der Waals surface area contributed by atoms with Gasteiger partial charge < -0.3 is 5.10 Å². The summed E-state index contributed by atoms with van der Waals surface area (Å²) in [5, 5.41) is 5.58. The predicted molar refractivity (Wildman–Crippen MR) is 63.5 cm³/mol. The molecule has 0 atom stereocenters. The van der Waals surface area contributed by atoms with E-state index >= 15 is 0 Å². The number of aromatic nitrogens is 3. The summed E-state index contributed by atoms with van der Waals surface area (Å²) in [5.41, 5.74) is 3.12. The van der Waals surface area contributed by atoms with Crippen LogP contribution in [0.25, 0.3) is 0 Å². The first-order chi connectivity index (χ1) is 8.33. The van der Waals surface area contributed by atoms with Crippen molar-refractivity contribution >= 4 is 0 Å². The van der Waals surface area contributed by atoms with Crippen LogP contribution in [-0.4, -0.2) is 26.6 Å². The molecule has 1 aliphatic heterocycles. The number of H-pyrrole nitrogens is 2. The Morgan fingerprint density at radius 1 is 1.41 bits per heavy atom. The Balaban J connectivity index is 1.76. The molecule has 88 valence electrons. The molecule has 3 heterocycles. The van der Waals surface area contributed by atoms with E-state index in [0.29, 0.717) is 6.54 Å². The van der Waals surface area contributed by atoms with Gasteiger partial charge in [0.05, 0.1) is 5.56 Å². The van der Waals surface area contributed by atoms with Crippen LogP contribution in [0.1, 0.15) is 16.8 Å². The Morgan fingerprint density at radius 2 is 2.35 bits per heavy atom. The minimum Gasteiger partial charge on any atom is -0.302 e. The molecule has 0 aliphatic carbocycles. The summed E-state index contributed by atoms with van der Waals surface area (Å²) in [4.78, 5) is 17.9. The number of aromatic amines is 2. The van der Waals surface area contributed by atoms with Gasteiger partial charge in [0.2, 0.25) is 0 Å². The molecule has 2 aromatic rings. The first-order valence-corrected chi connectivity index (χ1v) is 5.72. The molecule has 0 saturated carbocycles. The number of hydrogen-bond acceptors (Lipinski definition) is 3. The van der Waals surface area contributed by atoms with E-state index in [-0.39, 0.29) is 5.56 Å². The highest BCUT2D eigenvalue weighted by atomic mass is 16.1. The van der Waals surface area contributed by atoms with Crippen molar-refractivity contribution in [1.29, 1.82) is 0 Å². The van der Waals surface area contributed by atoms with Crippen LogP contribution in [0.3, 0.4) is 0 Å². The van der Waals surface area contributed by atoms with Gasteiger partial charge in [-0.3, -0.25) is 19.8 Å². The van der Waals surface area contributed by atoms with Crippen molar-refractivity contribution in [3.63, 3.8) is 0 Å². The summed E-state index contributed by atoms with van der Waals surface area (Å²) in [6, 6.07) is 4.00. The normalized spacial score (nSPS) is 15.8. The van der Waals surface area contributed by atoms with E-state index in [2.05, 4.69) is 26.1 Å². The third kappa shape index (κ3) is 2.01. The molecular formula is C12H14N4O. The van der Waals surface area contributed by atoms with Gasteiger partial charge in [-0.25, -0.2) is 0 Å². The van der Waals surface area contributed by atoms with Crippen LogP contribution in [0.4, 0.5) is 0 Å². The predicted octanol–water partition coefficient (Wildman–Crippen LogP) is 0.656. The molecule has 5 nitrogen and oxygen atoms in total. The fourth-order valence-corrected chi connectivity index (χ4v) is 2.26. The molecule has 5 heteroatoms. The van der Waals surface area contributed by atoms with E-state index < -0.39 is 0 Å². The maximum atomic E-state index is 11.5. The van der Waals surface area contributed by atoms with Gasteiger partial charge in [-0.05, 0) is 11.6 Å². The van der Waals surface area contributed by atoms with E-state index in [1.807, 2.05) is 12.3 Å². The van der Waals surface area contributed by atoms with Gasteiger partial charge in [0, 0.05) is 44.1 Å². The Labute approximate surface area is 98.5 Å². The van der Waals surface area contributed by atoms with Crippen molar-refractivity contribution < 1.29 is 0 Å². The highest BCUT2D eigenvalue weighted by Gasteiger charge is 2.20. The van der Waals surface area contributed by atoms with Gasteiger partial charge in [-0.1, -0.05) is 6.07 Å². The van der Waals surface area contributed by atoms with Crippen molar-refractivity contribution in [2.24, 2.45) is 0 Å². The van der Waals surface area contributed by atoms with Crippen molar-refractivity contribution in [3.05, 3.63) is 51.7 Å². The summed E-state index contributed by atoms with van der Waals surface area (Å²) in [7, 11) is 0.